The van der Waals surface area contributed by atoms with Gasteiger partial charge in [0, 0.05) is 13.1 Å². The minimum Gasteiger partial charge on any atom is -0.353 e. The van der Waals surface area contributed by atoms with Crippen LogP contribution >= 0.6 is 11.8 Å². The van der Waals surface area contributed by atoms with Crippen LogP contribution in [0.3, 0.4) is 0 Å². The third-order valence-corrected chi connectivity index (χ3v) is 6.36. The number of rotatable bonds is 7. The smallest absolute Gasteiger partial charge is 0.297 e. The number of hydrogen-bond donors (Lipinski definition) is 1. The molecule has 0 aliphatic carbocycles. The summed E-state index contributed by atoms with van der Waals surface area (Å²) in [6.45, 7) is 5.66. The van der Waals surface area contributed by atoms with E-state index in [1.165, 1.54) is 16.4 Å². The summed E-state index contributed by atoms with van der Waals surface area (Å²) >= 11 is 1.21. The van der Waals surface area contributed by atoms with Gasteiger partial charge in [-0.25, -0.2) is 4.68 Å². The molecule has 0 saturated heterocycles. The van der Waals surface area contributed by atoms with Crippen molar-refractivity contribution in [1.29, 1.82) is 0 Å². The molecule has 170 valence electrons. The van der Waals surface area contributed by atoms with Gasteiger partial charge in [-0.1, -0.05) is 60.3 Å². The van der Waals surface area contributed by atoms with E-state index in [4.69, 9.17) is 0 Å². The van der Waals surface area contributed by atoms with Crippen molar-refractivity contribution in [2.45, 2.75) is 37.2 Å². The lowest BCUT2D eigenvalue weighted by molar-refractivity contribution is -0.121. The maximum Gasteiger partial charge on any atom is 0.297 e. The molecule has 33 heavy (non-hydrogen) atoms. The van der Waals surface area contributed by atoms with Crippen molar-refractivity contribution in [2.24, 2.45) is 7.05 Å². The van der Waals surface area contributed by atoms with Crippen molar-refractivity contribution in [1.82, 2.24) is 34.9 Å². The molecule has 10 heteroatoms. The summed E-state index contributed by atoms with van der Waals surface area (Å²) in [6, 6.07) is 18.8. The molecule has 1 amide bonds. The van der Waals surface area contributed by atoms with Crippen LogP contribution in [0.5, 0.6) is 0 Å². The molecule has 2 aromatic heterocycles. The van der Waals surface area contributed by atoms with E-state index in [0.29, 0.717) is 16.5 Å². The molecule has 1 unspecified atom stereocenters. The van der Waals surface area contributed by atoms with Gasteiger partial charge in [0.2, 0.25) is 11.1 Å². The summed E-state index contributed by atoms with van der Waals surface area (Å²) in [5.74, 6) is -0.151. The van der Waals surface area contributed by atoms with Gasteiger partial charge in [0.1, 0.15) is 5.25 Å². The predicted octanol–water partition coefficient (Wildman–Crippen LogP) is 2.82. The van der Waals surface area contributed by atoms with E-state index in [-0.39, 0.29) is 17.5 Å². The molecule has 1 atom stereocenters. The van der Waals surface area contributed by atoms with Gasteiger partial charge in [0.25, 0.3) is 5.56 Å². The van der Waals surface area contributed by atoms with E-state index in [1.54, 1.807) is 9.36 Å². The van der Waals surface area contributed by atoms with Crippen molar-refractivity contribution >= 4 is 17.7 Å². The van der Waals surface area contributed by atoms with Crippen molar-refractivity contribution in [3.8, 4) is 11.4 Å². The first-order valence-electron chi connectivity index (χ1n) is 10.5. The number of carbonyl (C=O) groups is 1. The van der Waals surface area contributed by atoms with Crippen LogP contribution in [0.2, 0.25) is 0 Å². The molecule has 0 saturated carbocycles. The Morgan fingerprint density at radius 2 is 1.67 bits per heavy atom. The van der Waals surface area contributed by atoms with Gasteiger partial charge in [0.15, 0.2) is 5.69 Å². The van der Waals surface area contributed by atoms with Gasteiger partial charge in [-0.05, 0) is 48.9 Å². The lowest BCUT2D eigenvalue weighted by atomic mass is 10.1. The number of hydrogen-bond acceptors (Lipinski definition) is 6. The minimum absolute atomic E-state index is 0.0188. The monoisotopic (exact) mass is 463 g/mol. The first kappa shape index (κ1) is 22.5. The van der Waals surface area contributed by atoms with E-state index >= 15 is 0 Å². The Morgan fingerprint density at radius 3 is 2.30 bits per heavy atom. The molecule has 2 heterocycles. The number of tetrazole rings is 1. The van der Waals surface area contributed by atoms with Gasteiger partial charge in [-0.2, -0.15) is 4.68 Å². The van der Waals surface area contributed by atoms with Crippen LogP contribution < -0.4 is 10.9 Å². The lowest BCUT2D eigenvalue weighted by Gasteiger charge is -2.18. The van der Waals surface area contributed by atoms with Gasteiger partial charge < -0.3 is 5.32 Å². The highest BCUT2D eigenvalue weighted by atomic mass is 32.2. The summed E-state index contributed by atoms with van der Waals surface area (Å²) in [4.78, 5) is 26.5. The summed E-state index contributed by atoms with van der Waals surface area (Å²) < 4.78 is 4.75. The van der Waals surface area contributed by atoms with Crippen LogP contribution in [0, 0.1) is 6.92 Å². The molecule has 1 N–H and O–H groups in total. The van der Waals surface area contributed by atoms with Crippen LogP contribution in [0.1, 0.15) is 30.4 Å². The van der Waals surface area contributed by atoms with Crippen LogP contribution in [-0.4, -0.2) is 41.5 Å². The lowest BCUT2D eigenvalue weighted by Crippen LogP contribution is -2.33. The molecular weight excluding hydrogens is 438 g/mol. The zero-order chi connectivity index (χ0) is 23.5. The SMILES string of the molecule is Cc1c(-n2nnnc2SC(C(=O)NC(C)C)c2ccccc2)c(=O)n(-c2ccccc2)n1C. The quantitative estimate of drug-likeness (QED) is 0.423. The van der Waals surface area contributed by atoms with E-state index in [1.807, 2.05) is 88.5 Å². The molecule has 0 aliphatic heterocycles. The van der Waals surface area contributed by atoms with E-state index < -0.39 is 5.25 Å². The molecule has 0 spiro atoms. The standard InChI is InChI=1S/C23H25N7O2S/c1-15(2)24-21(31)20(17-11-7-5-8-12-17)33-23-25-26-27-29(23)19-16(3)28(4)30(22(19)32)18-13-9-6-10-14-18/h5-15,20H,1-4H3,(H,24,31). The zero-order valence-corrected chi connectivity index (χ0v) is 19.7. The number of carbonyl (C=O) groups excluding carboxylic acids is 1. The summed E-state index contributed by atoms with van der Waals surface area (Å²) in [7, 11) is 1.81. The van der Waals surface area contributed by atoms with E-state index in [2.05, 4.69) is 20.8 Å². The van der Waals surface area contributed by atoms with Gasteiger partial charge in [0.05, 0.1) is 11.4 Å². The Bertz CT molecular complexity index is 1310. The van der Waals surface area contributed by atoms with Crippen molar-refractivity contribution in [3.63, 3.8) is 0 Å². The first-order valence-corrected chi connectivity index (χ1v) is 11.4. The fraction of sp³-hybridized carbons (Fsp3) is 0.261. The Labute approximate surface area is 195 Å². The second-order valence-corrected chi connectivity index (χ2v) is 8.93. The van der Waals surface area contributed by atoms with Gasteiger partial charge in [-0.15, -0.1) is 5.10 Å². The van der Waals surface area contributed by atoms with E-state index in [0.717, 1.165) is 11.3 Å². The fourth-order valence-electron chi connectivity index (χ4n) is 3.56. The third-order valence-electron chi connectivity index (χ3n) is 5.17. The molecule has 9 nitrogen and oxygen atoms in total. The fourth-order valence-corrected chi connectivity index (χ4v) is 4.55. The zero-order valence-electron chi connectivity index (χ0n) is 18.8. The van der Waals surface area contributed by atoms with Crippen molar-refractivity contribution in [3.05, 3.63) is 82.3 Å². The average Bonchev–Trinajstić information content (AvgIpc) is 3.34. The normalized spacial score (nSPS) is 12.2. The summed E-state index contributed by atoms with van der Waals surface area (Å²) in [5, 5.41) is 14.8. The highest BCUT2D eigenvalue weighted by Crippen LogP contribution is 2.35. The van der Waals surface area contributed by atoms with E-state index in [9.17, 15) is 9.59 Å². The predicted molar refractivity (Wildman–Crippen MR) is 127 cm³/mol. The van der Waals surface area contributed by atoms with Crippen LogP contribution in [0.25, 0.3) is 11.4 Å². The molecular formula is C23H25N7O2S. The molecule has 0 aliphatic rings. The Hall–Kier alpha value is -3.66. The molecule has 0 fully saturated rings. The molecule has 0 bridgehead atoms. The highest BCUT2D eigenvalue weighted by molar-refractivity contribution is 8.00. The Kier molecular flexibility index (Phi) is 6.45. The molecule has 2 aromatic carbocycles. The topological polar surface area (TPSA) is 99.6 Å². The van der Waals surface area contributed by atoms with Gasteiger partial charge in [-0.3, -0.25) is 14.3 Å². The van der Waals surface area contributed by atoms with Crippen LogP contribution in [0.15, 0.2) is 70.6 Å². The second kappa shape index (κ2) is 9.45. The van der Waals surface area contributed by atoms with Crippen LogP contribution in [0.4, 0.5) is 0 Å². The minimum atomic E-state index is -0.585. The van der Waals surface area contributed by atoms with Crippen molar-refractivity contribution in [2.75, 3.05) is 0 Å². The third kappa shape index (κ3) is 4.47. The van der Waals surface area contributed by atoms with Crippen LogP contribution in [-0.2, 0) is 11.8 Å². The largest absolute Gasteiger partial charge is 0.353 e. The Balaban J connectivity index is 1.77. The molecule has 4 aromatic rings. The summed E-state index contributed by atoms with van der Waals surface area (Å²) in [6.07, 6.45) is 0. The number of aromatic nitrogens is 6. The number of para-hydroxylation sites is 1. The number of thioether (sulfide) groups is 1. The van der Waals surface area contributed by atoms with Crippen molar-refractivity contribution < 1.29 is 4.79 Å². The molecule has 0 radical (unpaired) electrons. The molecule has 4 rings (SSSR count). The summed E-state index contributed by atoms with van der Waals surface area (Å²) in [5.41, 5.74) is 2.34. The number of benzene rings is 2. The maximum absolute atomic E-state index is 13.4. The number of nitrogens with zero attached hydrogens (tertiary/aromatic N) is 6. The average molecular weight is 464 g/mol. The second-order valence-electron chi connectivity index (χ2n) is 7.86. The number of amides is 1. The first-order chi connectivity index (χ1) is 15.9. The number of nitrogens with one attached hydrogen (secondary N) is 1. The van der Waals surface area contributed by atoms with Gasteiger partial charge >= 0.3 is 0 Å². The Morgan fingerprint density at radius 1 is 1.03 bits per heavy atom. The maximum atomic E-state index is 13.4. The highest BCUT2D eigenvalue weighted by Gasteiger charge is 2.28.